The van der Waals surface area contributed by atoms with E-state index in [1.165, 1.54) is 0 Å². The molecule has 1 heterocycles. The molecule has 5 nitrogen and oxygen atoms in total. The molecule has 0 aliphatic rings. The number of aldehydes is 1. The molecule has 122 valence electrons. The van der Waals surface area contributed by atoms with Gasteiger partial charge in [-0.25, -0.2) is 0 Å². The zero-order chi connectivity index (χ0) is 16.9. The summed E-state index contributed by atoms with van der Waals surface area (Å²) in [6.45, 7) is 2.21. The van der Waals surface area contributed by atoms with Gasteiger partial charge in [-0.2, -0.15) is 0 Å². The average Bonchev–Trinajstić information content (AvgIpc) is 3.06. The normalized spacial score (nSPS) is 10.4. The van der Waals surface area contributed by atoms with E-state index in [9.17, 15) is 4.79 Å². The van der Waals surface area contributed by atoms with Gasteiger partial charge < -0.3 is 14.0 Å². The number of methoxy groups -OCH3 is 1. The number of aryl methyl sites for hydroxylation is 1. The largest absolute Gasteiger partial charge is 0.493 e. The van der Waals surface area contributed by atoms with Crippen LogP contribution in [0.4, 0.5) is 0 Å². The Labute approximate surface area is 139 Å². The number of benzene rings is 2. The van der Waals surface area contributed by atoms with Crippen molar-refractivity contribution in [2.45, 2.75) is 13.5 Å². The molecule has 0 saturated carbocycles. The van der Waals surface area contributed by atoms with Crippen LogP contribution in [-0.2, 0) is 6.61 Å². The lowest BCUT2D eigenvalue weighted by atomic mass is 10.0. The summed E-state index contributed by atoms with van der Waals surface area (Å²) in [5, 5.41) is 3.86. The Balaban J connectivity index is 1.93. The van der Waals surface area contributed by atoms with Gasteiger partial charge in [0.05, 0.1) is 12.8 Å². The minimum absolute atomic E-state index is 0.385. The number of hydrogen-bond donors (Lipinski definition) is 0. The van der Waals surface area contributed by atoms with Crippen molar-refractivity contribution >= 4 is 6.29 Å². The fraction of sp³-hybridized carbons (Fsp3) is 0.158. The van der Waals surface area contributed by atoms with Gasteiger partial charge >= 0.3 is 0 Å². The number of carbonyl (C=O) groups excluding carboxylic acids is 1. The summed E-state index contributed by atoms with van der Waals surface area (Å²) >= 11 is 0. The molecule has 0 radical (unpaired) electrons. The molecule has 0 unspecified atom stereocenters. The van der Waals surface area contributed by atoms with E-state index in [-0.39, 0.29) is 0 Å². The van der Waals surface area contributed by atoms with Crippen molar-refractivity contribution in [2.24, 2.45) is 0 Å². The summed E-state index contributed by atoms with van der Waals surface area (Å²) in [5.41, 5.74) is 2.84. The molecular formula is C19H17NO4. The van der Waals surface area contributed by atoms with Crippen LogP contribution < -0.4 is 9.47 Å². The number of carbonyl (C=O) groups is 1. The first-order chi connectivity index (χ1) is 11.7. The highest BCUT2D eigenvalue weighted by Crippen LogP contribution is 2.36. The summed E-state index contributed by atoms with van der Waals surface area (Å²) in [5.74, 6) is 1.55. The van der Waals surface area contributed by atoms with E-state index < -0.39 is 0 Å². The van der Waals surface area contributed by atoms with Gasteiger partial charge in [-0.15, -0.1) is 0 Å². The molecule has 1 aromatic heterocycles. The monoisotopic (exact) mass is 323 g/mol. The van der Waals surface area contributed by atoms with Crippen LogP contribution in [0.3, 0.4) is 0 Å². The zero-order valence-corrected chi connectivity index (χ0v) is 13.5. The van der Waals surface area contributed by atoms with Gasteiger partial charge in [0.15, 0.2) is 23.5 Å². The van der Waals surface area contributed by atoms with Crippen molar-refractivity contribution in [3.05, 3.63) is 65.4 Å². The molecule has 0 bridgehead atoms. The Kier molecular flexibility index (Phi) is 4.61. The van der Waals surface area contributed by atoms with Gasteiger partial charge in [0.1, 0.15) is 6.61 Å². The highest BCUT2D eigenvalue weighted by Gasteiger charge is 2.16. The van der Waals surface area contributed by atoms with Crippen LogP contribution in [0.5, 0.6) is 11.5 Å². The topological polar surface area (TPSA) is 61.6 Å². The molecular weight excluding hydrogens is 306 g/mol. The van der Waals surface area contributed by atoms with Gasteiger partial charge in [0, 0.05) is 17.2 Å². The van der Waals surface area contributed by atoms with Crippen molar-refractivity contribution in [1.29, 1.82) is 0 Å². The van der Waals surface area contributed by atoms with Crippen molar-refractivity contribution < 1.29 is 18.8 Å². The summed E-state index contributed by atoms with van der Waals surface area (Å²) < 4.78 is 16.5. The molecule has 0 aliphatic carbocycles. The number of ether oxygens (including phenoxy) is 2. The van der Waals surface area contributed by atoms with Gasteiger partial charge in [-0.1, -0.05) is 35.5 Å². The molecule has 0 atom stereocenters. The molecule has 3 aromatic rings. The van der Waals surface area contributed by atoms with E-state index in [4.69, 9.17) is 14.0 Å². The van der Waals surface area contributed by atoms with Crippen LogP contribution in [0.2, 0.25) is 0 Å². The maximum absolute atomic E-state index is 11.5. The van der Waals surface area contributed by atoms with Crippen LogP contribution in [0, 0.1) is 6.92 Å². The first kappa shape index (κ1) is 15.8. The van der Waals surface area contributed by atoms with Gasteiger partial charge in [0.2, 0.25) is 0 Å². The maximum Gasteiger partial charge on any atom is 0.167 e. The van der Waals surface area contributed by atoms with Crippen LogP contribution >= 0.6 is 0 Å². The second-order valence-electron chi connectivity index (χ2n) is 5.31. The van der Waals surface area contributed by atoms with E-state index in [1.807, 2.05) is 37.3 Å². The van der Waals surface area contributed by atoms with Crippen molar-refractivity contribution in [2.75, 3.05) is 7.11 Å². The van der Waals surface area contributed by atoms with E-state index in [2.05, 4.69) is 5.16 Å². The van der Waals surface area contributed by atoms with Gasteiger partial charge in [0.25, 0.3) is 0 Å². The summed E-state index contributed by atoms with van der Waals surface area (Å²) in [6, 6.07) is 14.9. The smallest absolute Gasteiger partial charge is 0.167 e. The lowest BCUT2D eigenvalue weighted by Crippen LogP contribution is -1.99. The van der Waals surface area contributed by atoms with Crippen molar-refractivity contribution in [3.63, 3.8) is 0 Å². The SMILES string of the molecule is COc1cc(-c2cc(C)no2)c(C=O)cc1OCc1ccccc1. The first-order valence-electron chi connectivity index (χ1n) is 7.49. The van der Waals surface area contributed by atoms with E-state index in [0.717, 1.165) is 17.5 Å². The second-order valence-corrected chi connectivity index (χ2v) is 5.31. The Morgan fingerprint density at radius 3 is 2.54 bits per heavy atom. The summed E-state index contributed by atoms with van der Waals surface area (Å²) in [7, 11) is 1.56. The number of hydrogen-bond acceptors (Lipinski definition) is 5. The van der Waals surface area contributed by atoms with Crippen LogP contribution in [0.1, 0.15) is 21.6 Å². The standard InChI is InChI=1S/C19H17NO4/c1-13-8-17(24-20-13)16-10-18(22-2)19(9-15(16)11-21)23-12-14-6-4-3-5-7-14/h3-11H,12H2,1-2H3. The molecule has 0 N–H and O–H groups in total. The average molecular weight is 323 g/mol. The quantitative estimate of drug-likeness (QED) is 0.640. The van der Waals surface area contributed by atoms with E-state index in [1.54, 1.807) is 25.3 Å². The lowest BCUT2D eigenvalue weighted by Gasteiger charge is -2.13. The third-order valence-corrected chi connectivity index (χ3v) is 3.59. The molecule has 24 heavy (non-hydrogen) atoms. The molecule has 5 heteroatoms. The maximum atomic E-state index is 11.5. The predicted molar refractivity (Wildman–Crippen MR) is 89.4 cm³/mol. The zero-order valence-electron chi connectivity index (χ0n) is 13.5. The minimum atomic E-state index is 0.385. The van der Waals surface area contributed by atoms with Crippen molar-refractivity contribution in [3.8, 4) is 22.8 Å². The Morgan fingerprint density at radius 2 is 1.92 bits per heavy atom. The third kappa shape index (κ3) is 3.30. The molecule has 0 fully saturated rings. The number of aromatic nitrogens is 1. The molecule has 2 aromatic carbocycles. The fourth-order valence-electron chi connectivity index (χ4n) is 2.38. The van der Waals surface area contributed by atoms with E-state index in [0.29, 0.717) is 35.0 Å². The molecule has 0 amide bonds. The van der Waals surface area contributed by atoms with Crippen LogP contribution in [-0.4, -0.2) is 18.6 Å². The minimum Gasteiger partial charge on any atom is -0.493 e. The molecule has 3 rings (SSSR count). The highest BCUT2D eigenvalue weighted by atomic mass is 16.5. The summed E-state index contributed by atoms with van der Waals surface area (Å²) in [4.78, 5) is 11.5. The van der Waals surface area contributed by atoms with Crippen molar-refractivity contribution in [1.82, 2.24) is 5.16 Å². The predicted octanol–water partition coefficient (Wildman–Crippen LogP) is 4.05. The van der Waals surface area contributed by atoms with E-state index >= 15 is 0 Å². The Hall–Kier alpha value is -3.08. The van der Waals surface area contributed by atoms with Crippen LogP contribution in [0.25, 0.3) is 11.3 Å². The molecule has 0 spiro atoms. The molecule has 0 saturated heterocycles. The fourth-order valence-corrected chi connectivity index (χ4v) is 2.38. The Morgan fingerprint density at radius 1 is 1.12 bits per heavy atom. The number of nitrogens with zero attached hydrogens (tertiary/aromatic N) is 1. The second kappa shape index (κ2) is 7.00. The third-order valence-electron chi connectivity index (χ3n) is 3.59. The molecule has 0 aliphatic heterocycles. The summed E-state index contributed by atoms with van der Waals surface area (Å²) in [6.07, 6.45) is 0.766. The van der Waals surface area contributed by atoms with Gasteiger partial charge in [-0.3, -0.25) is 4.79 Å². The lowest BCUT2D eigenvalue weighted by molar-refractivity contribution is 0.112. The Bertz CT molecular complexity index is 840. The van der Waals surface area contributed by atoms with Crippen LogP contribution in [0.15, 0.2) is 53.1 Å². The highest BCUT2D eigenvalue weighted by molar-refractivity contribution is 5.88. The van der Waals surface area contributed by atoms with Gasteiger partial charge in [-0.05, 0) is 24.6 Å². The number of rotatable bonds is 6. The first-order valence-corrected chi connectivity index (χ1v) is 7.49.